The van der Waals surface area contributed by atoms with Gasteiger partial charge in [0, 0.05) is 16.2 Å². The third-order valence-corrected chi connectivity index (χ3v) is 3.70. The van der Waals surface area contributed by atoms with Gasteiger partial charge in [-0.05, 0) is 41.8 Å². The summed E-state index contributed by atoms with van der Waals surface area (Å²) in [4.78, 5) is 0. The van der Waals surface area contributed by atoms with Crippen molar-refractivity contribution in [3.8, 4) is 17.6 Å². The van der Waals surface area contributed by atoms with Gasteiger partial charge in [-0.2, -0.15) is 5.26 Å². The minimum atomic E-state index is -0.0917. The zero-order valence-corrected chi connectivity index (χ0v) is 10.8. The minimum Gasteiger partial charge on any atom is -0.508 e. The maximum absolute atomic E-state index is 9.77. The first kappa shape index (κ1) is 11.6. The van der Waals surface area contributed by atoms with E-state index in [-0.39, 0.29) is 17.1 Å². The maximum atomic E-state index is 9.77. The van der Waals surface area contributed by atoms with Crippen LogP contribution in [0.1, 0.15) is 5.56 Å². The number of nitriles is 1. The van der Waals surface area contributed by atoms with Crippen molar-refractivity contribution < 1.29 is 14.6 Å². The molecule has 0 radical (unpaired) electrons. The van der Waals surface area contributed by atoms with E-state index in [2.05, 4.69) is 0 Å². The van der Waals surface area contributed by atoms with Gasteiger partial charge in [0.15, 0.2) is 5.58 Å². The fourth-order valence-electron chi connectivity index (χ4n) is 2.71. The molecule has 100 valence electrons. The largest absolute Gasteiger partial charge is 0.508 e. The van der Waals surface area contributed by atoms with E-state index in [1.54, 1.807) is 24.3 Å². The molecule has 0 amide bonds. The van der Waals surface area contributed by atoms with Crippen molar-refractivity contribution in [2.45, 2.75) is 0 Å². The van der Waals surface area contributed by atoms with Crippen molar-refractivity contribution in [2.24, 2.45) is 0 Å². The molecule has 21 heavy (non-hydrogen) atoms. The molecule has 1 aromatic heterocycles. The fraction of sp³-hybridized carbons (Fsp3) is 0. The van der Waals surface area contributed by atoms with Gasteiger partial charge in [0.25, 0.3) is 0 Å². The average molecular weight is 275 g/mol. The van der Waals surface area contributed by atoms with Crippen molar-refractivity contribution in [3.05, 3.63) is 48.0 Å². The van der Waals surface area contributed by atoms with Gasteiger partial charge in [0.2, 0.25) is 0 Å². The molecule has 1 heterocycles. The first-order valence-corrected chi connectivity index (χ1v) is 6.39. The summed E-state index contributed by atoms with van der Waals surface area (Å²) in [5.74, 6) is 0.0966. The van der Waals surface area contributed by atoms with Crippen molar-refractivity contribution >= 4 is 32.7 Å². The van der Waals surface area contributed by atoms with Crippen LogP contribution in [0, 0.1) is 11.3 Å². The van der Waals surface area contributed by atoms with Crippen LogP contribution in [0.15, 0.2) is 46.9 Å². The Morgan fingerprint density at radius 3 is 2.38 bits per heavy atom. The zero-order valence-electron chi connectivity index (χ0n) is 10.8. The number of hydrogen-bond acceptors (Lipinski definition) is 4. The van der Waals surface area contributed by atoms with Crippen LogP contribution in [-0.4, -0.2) is 10.2 Å². The highest BCUT2D eigenvalue weighted by atomic mass is 16.3. The van der Waals surface area contributed by atoms with Gasteiger partial charge in [0.05, 0.1) is 0 Å². The Labute approximate surface area is 119 Å². The fourth-order valence-corrected chi connectivity index (χ4v) is 2.71. The van der Waals surface area contributed by atoms with Crippen LogP contribution in [-0.2, 0) is 0 Å². The van der Waals surface area contributed by atoms with Crippen LogP contribution in [0.4, 0.5) is 0 Å². The molecule has 0 atom stereocenters. The van der Waals surface area contributed by atoms with Gasteiger partial charge in [0.1, 0.15) is 28.7 Å². The second-order valence-corrected chi connectivity index (χ2v) is 4.90. The Balaban J connectivity index is 2.26. The standard InChI is InChI=1S/C17H9NO3/c18-8-14-15(20)6-5-13-12-3-1-9-7-10(19)2-4-11(9)16(12)21-17(13)14/h1-7,19-20H. The van der Waals surface area contributed by atoms with Crippen LogP contribution in [0.3, 0.4) is 0 Å². The lowest BCUT2D eigenvalue weighted by Gasteiger charge is -1.99. The van der Waals surface area contributed by atoms with Gasteiger partial charge in [-0.25, -0.2) is 0 Å². The Morgan fingerprint density at radius 1 is 0.857 bits per heavy atom. The molecule has 0 spiro atoms. The number of phenols is 2. The molecular formula is C17H9NO3. The number of benzene rings is 3. The predicted octanol–water partition coefficient (Wildman–Crippen LogP) is 4.02. The van der Waals surface area contributed by atoms with Gasteiger partial charge >= 0.3 is 0 Å². The van der Waals surface area contributed by atoms with Crippen molar-refractivity contribution in [1.82, 2.24) is 0 Å². The van der Waals surface area contributed by atoms with Gasteiger partial charge in [-0.1, -0.05) is 6.07 Å². The predicted molar refractivity (Wildman–Crippen MR) is 79.3 cm³/mol. The summed E-state index contributed by atoms with van der Waals surface area (Å²) < 4.78 is 5.84. The van der Waals surface area contributed by atoms with Crippen LogP contribution >= 0.6 is 0 Å². The molecule has 4 nitrogen and oxygen atoms in total. The molecule has 0 bridgehead atoms. The highest BCUT2D eigenvalue weighted by molar-refractivity contribution is 6.16. The highest BCUT2D eigenvalue weighted by Gasteiger charge is 2.15. The maximum Gasteiger partial charge on any atom is 0.156 e. The molecule has 0 saturated heterocycles. The molecule has 4 rings (SSSR count). The van der Waals surface area contributed by atoms with Crippen LogP contribution in [0.25, 0.3) is 32.7 Å². The normalized spacial score (nSPS) is 11.2. The summed E-state index contributed by atoms with van der Waals surface area (Å²) in [7, 11) is 0. The van der Waals surface area contributed by atoms with E-state index in [4.69, 9.17) is 4.42 Å². The van der Waals surface area contributed by atoms with Crippen LogP contribution in [0.2, 0.25) is 0 Å². The summed E-state index contributed by atoms with van der Waals surface area (Å²) >= 11 is 0. The molecule has 0 saturated carbocycles. The summed E-state index contributed by atoms with van der Waals surface area (Å²) in [6, 6.07) is 14.0. The summed E-state index contributed by atoms with van der Waals surface area (Å²) in [5.41, 5.74) is 1.16. The van der Waals surface area contributed by atoms with Crippen molar-refractivity contribution in [2.75, 3.05) is 0 Å². The van der Waals surface area contributed by atoms with E-state index < -0.39 is 0 Å². The number of furan rings is 1. The molecule has 2 N–H and O–H groups in total. The number of nitrogens with zero attached hydrogens (tertiary/aromatic N) is 1. The zero-order chi connectivity index (χ0) is 14.6. The number of fused-ring (bicyclic) bond motifs is 5. The highest BCUT2D eigenvalue weighted by Crippen LogP contribution is 2.38. The van der Waals surface area contributed by atoms with E-state index in [1.165, 1.54) is 6.07 Å². The van der Waals surface area contributed by atoms with Crippen LogP contribution in [0.5, 0.6) is 11.5 Å². The van der Waals surface area contributed by atoms with Crippen LogP contribution < -0.4 is 0 Å². The Morgan fingerprint density at radius 2 is 1.57 bits per heavy atom. The second-order valence-electron chi connectivity index (χ2n) is 4.90. The second kappa shape index (κ2) is 3.90. The Hall–Kier alpha value is -3.19. The molecule has 0 fully saturated rings. The average Bonchev–Trinajstić information content (AvgIpc) is 2.85. The summed E-state index contributed by atoms with van der Waals surface area (Å²) in [6.45, 7) is 0. The first-order valence-electron chi connectivity index (χ1n) is 6.39. The van der Waals surface area contributed by atoms with E-state index in [0.717, 1.165) is 21.5 Å². The molecule has 4 aromatic rings. The van der Waals surface area contributed by atoms with E-state index in [9.17, 15) is 15.5 Å². The number of rotatable bonds is 0. The third kappa shape index (κ3) is 1.49. The quantitative estimate of drug-likeness (QED) is 0.508. The van der Waals surface area contributed by atoms with Crippen molar-refractivity contribution in [1.29, 1.82) is 5.26 Å². The summed E-state index contributed by atoms with van der Waals surface area (Å²) in [6.07, 6.45) is 0. The molecule has 0 aliphatic rings. The number of phenolic OH excluding ortho intramolecular Hbond substituents is 2. The summed E-state index contributed by atoms with van der Waals surface area (Å²) in [5, 5.41) is 31.9. The molecular weight excluding hydrogens is 266 g/mol. The number of aromatic hydroxyl groups is 2. The lowest BCUT2D eigenvalue weighted by atomic mass is 10.0. The van der Waals surface area contributed by atoms with E-state index >= 15 is 0 Å². The first-order chi connectivity index (χ1) is 10.2. The lowest BCUT2D eigenvalue weighted by molar-refractivity contribution is 0.473. The monoisotopic (exact) mass is 275 g/mol. The topological polar surface area (TPSA) is 77.4 Å². The molecule has 3 aromatic carbocycles. The lowest BCUT2D eigenvalue weighted by Crippen LogP contribution is -1.76. The van der Waals surface area contributed by atoms with Crippen molar-refractivity contribution in [3.63, 3.8) is 0 Å². The molecule has 0 unspecified atom stereocenters. The SMILES string of the molecule is N#Cc1c(O)ccc2c1oc1c3ccc(O)cc3ccc21. The Bertz CT molecular complexity index is 1070. The molecule has 0 aliphatic carbocycles. The smallest absolute Gasteiger partial charge is 0.156 e. The molecule has 0 aliphatic heterocycles. The minimum absolute atomic E-state index is 0.0917. The number of hydrogen-bond donors (Lipinski definition) is 2. The van der Waals surface area contributed by atoms with Gasteiger partial charge in [-0.3, -0.25) is 0 Å². The third-order valence-electron chi connectivity index (χ3n) is 3.70. The molecule has 4 heteroatoms. The van der Waals surface area contributed by atoms with Gasteiger partial charge < -0.3 is 14.6 Å². The van der Waals surface area contributed by atoms with Gasteiger partial charge in [-0.15, -0.1) is 0 Å². The Kier molecular flexibility index (Phi) is 2.16. The van der Waals surface area contributed by atoms with E-state index in [1.807, 2.05) is 18.2 Å². The van der Waals surface area contributed by atoms with E-state index in [0.29, 0.717) is 11.2 Å².